The zero-order valence-corrected chi connectivity index (χ0v) is 15.7. The fourth-order valence-electron chi connectivity index (χ4n) is 2.31. The Bertz CT molecular complexity index is 949. The van der Waals surface area contributed by atoms with Crippen molar-refractivity contribution in [3.05, 3.63) is 56.3 Å². The lowest BCUT2D eigenvalue weighted by molar-refractivity contribution is 0.0603. The van der Waals surface area contributed by atoms with Crippen LogP contribution in [-0.2, 0) is 4.74 Å². The van der Waals surface area contributed by atoms with Crippen molar-refractivity contribution in [2.24, 2.45) is 0 Å². The summed E-state index contributed by atoms with van der Waals surface area (Å²) in [5.74, 6) is -0.842. The number of benzene rings is 1. The Morgan fingerprint density at radius 1 is 1.20 bits per heavy atom. The molecule has 0 spiro atoms. The molecule has 3 aromatic rings. The average Bonchev–Trinajstić information content (AvgIpc) is 3.21. The monoisotopic (exact) mass is 392 g/mol. The number of ether oxygens (including phenoxy) is 1. The molecule has 0 aliphatic heterocycles. The van der Waals surface area contributed by atoms with Crippen molar-refractivity contribution < 1.29 is 14.3 Å². The van der Waals surface area contributed by atoms with E-state index < -0.39 is 5.97 Å². The molecule has 0 radical (unpaired) electrons. The van der Waals surface area contributed by atoms with Gasteiger partial charge in [0.25, 0.3) is 5.91 Å². The van der Waals surface area contributed by atoms with Gasteiger partial charge < -0.3 is 10.1 Å². The molecule has 0 bridgehead atoms. The van der Waals surface area contributed by atoms with Crippen molar-refractivity contribution >= 4 is 51.2 Å². The number of hydrogen-bond acceptors (Lipinski definition) is 6. The molecule has 8 heteroatoms. The van der Waals surface area contributed by atoms with Gasteiger partial charge in [-0.2, -0.15) is 0 Å². The lowest BCUT2D eigenvalue weighted by Crippen LogP contribution is -2.14. The predicted molar refractivity (Wildman–Crippen MR) is 101 cm³/mol. The second-order valence-corrected chi connectivity index (χ2v) is 7.19. The van der Waals surface area contributed by atoms with Crippen molar-refractivity contribution in [2.45, 2.75) is 6.92 Å². The summed E-state index contributed by atoms with van der Waals surface area (Å²) in [6.45, 7) is 1.76. The molecule has 128 valence electrons. The van der Waals surface area contributed by atoms with Crippen LogP contribution in [0, 0.1) is 6.92 Å². The first kappa shape index (κ1) is 17.6. The predicted octanol–water partition coefficient (Wildman–Crippen LogP) is 4.87. The summed E-state index contributed by atoms with van der Waals surface area (Å²) in [6.07, 6.45) is 0. The second-order valence-electron chi connectivity index (χ2n) is 5.05. The number of hydrogen-bond donors (Lipinski definition) is 1. The molecule has 0 atom stereocenters. The number of thiophene rings is 1. The van der Waals surface area contributed by atoms with Gasteiger partial charge in [0.2, 0.25) is 0 Å². The van der Waals surface area contributed by atoms with E-state index >= 15 is 0 Å². The van der Waals surface area contributed by atoms with E-state index in [1.165, 1.54) is 29.8 Å². The number of carbonyl (C=O) groups excluding carboxylic acids is 2. The third-order valence-corrected chi connectivity index (χ3v) is 5.68. The van der Waals surface area contributed by atoms with Gasteiger partial charge in [0.15, 0.2) is 0 Å². The van der Waals surface area contributed by atoms with E-state index in [0.717, 1.165) is 0 Å². The van der Waals surface area contributed by atoms with Crippen LogP contribution in [0.5, 0.6) is 0 Å². The summed E-state index contributed by atoms with van der Waals surface area (Å²) in [4.78, 5) is 29.3. The highest BCUT2D eigenvalue weighted by molar-refractivity contribution is 7.15. The van der Waals surface area contributed by atoms with E-state index in [9.17, 15) is 9.59 Å². The van der Waals surface area contributed by atoms with Gasteiger partial charge in [0.05, 0.1) is 18.3 Å². The van der Waals surface area contributed by atoms with E-state index in [4.69, 9.17) is 16.3 Å². The zero-order chi connectivity index (χ0) is 18.0. The summed E-state index contributed by atoms with van der Waals surface area (Å²) >= 11 is 8.75. The van der Waals surface area contributed by atoms with Crippen LogP contribution < -0.4 is 5.32 Å². The van der Waals surface area contributed by atoms with E-state index in [1.54, 1.807) is 23.9 Å². The molecule has 1 amide bonds. The normalized spacial score (nSPS) is 10.5. The van der Waals surface area contributed by atoms with Crippen LogP contribution in [0.1, 0.15) is 25.7 Å². The van der Waals surface area contributed by atoms with Gasteiger partial charge in [-0.05, 0) is 13.0 Å². The maximum atomic E-state index is 12.5. The number of amides is 1. The van der Waals surface area contributed by atoms with Crippen LogP contribution in [-0.4, -0.2) is 24.0 Å². The number of halogens is 1. The highest BCUT2D eigenvalue weighted by Crippen LogP contribution is 2.39. The fraction of sp³-hybridized carbons (Fsp3) is 0.118. The number of esters is 1. The van der Waals surface area contributed by atoms with Crippen LogP contribution in [0.4, 0.5) is 5.00 Å². The summed E-state index contributed by atoms with van der Waals surface area (Å²) in [5.41, 5.74) is 3.87. The van der Waals surface area contributed by atoms with Gasteiger partial charge in [-0.15, -0.1) is 22.7 Å². The van der Waals surface area contributed by atoms with Crippen molar-refractivity contribution in [3.8, 4) is 11.1 Å². The Balaban J connectivity index is 2.03. The van der Waals surface area contributed by atoms with Gasteiger partial charge in [0, 0.05) is 21.5 Å². The second kappa shape index (κ2) is 7.35. The fourth-order valence-corrected chi connectivity index (χ4v) is 4.19. The number of thiazole rings is 1. The molecule has 1 aromatic carbocycles. The van der Waals surface area contributed by atoms with E-state index in [1.807, 2.05) is 18.2 Å². The number of aryl methyl sites for hydroxylation is 1. The molecule has 5 nitrogen and oxygen atoms in total. The molecular weight excluding hydrogens is 380 g/mol. The van der Waals surface area contributed by atoms with E-state index in [-0.39, 0.29) is 11.5 Å². The molecular formula is C17H13ClN2O3S2. The number of anilines is 1. The maximum absolute atomic E-state index is 12.5. The largest absolute Gasteiger partial charge is 0.465 e. The van der Waals surface area contributed by atoms with Crippen LogP contribution in [0.15, 0.2) is 35.2 Å². The van der Waals surface area contributed by atoms with Gasteiger partial charge >= 0.3 is 5.97 Å². The minimum Gasteiger partial charge on any atom is -0.465 e. The molecule has 0 unspecified atom stereocenters. The standard InChI is InChI=1S/C17H13ClN2O3S2/c1-9-14(25-8-19-9)15(21)20-16-13(17(22)23-2)11(7-24-16)10-5-3-4-6-12(10)18/h3-8H,1-2H3,(H,20,21). The van der Waals surface area contributed by atoms with Gasteiger partial charge in [-0.1, -0.05) is 29.8 Å². The number of aromatic nitrogens is 1. The molecule has 2 aromatic heterocycles. The SMILES string of the molecule is COC(=O)c1c(-c2ccccc2Cl)csc1NC(=O)c1scnc1C. The summed E-state index contributed by atoms with van der Waals surface area (Å²) < 4.78 is 4.90. The number of methoxy groups -OCH3 is 1. The smallest absolute Gasteiger partial charge is 0.341 e. The van der Waals surface area contributed by atoms with Crippen LogP contribution in [0.3, 0.4) is 0 Å². The Hall–Kier alpha value is -2.22. The van der Waals surface area contributed by atoms with Crippen molar-refractivity contribution in [2.75, 3.05) is 12.4 Å². The highest BCUT2D eigenvalue weighted by atomic mass is 35.5. The van der Waals surface area contributed by atoms with Crippen LogP contribution in [0.2, 0.25) is 5.02 Å². The van der Waals surface area contributed by atoms with Gasteiger partial charge in [-0.3, -0.25) is 4.79 Å². The molecule has 1 N–H and O–H groups in total. The Kier molecular flexibility index (Phi) is 5.17. The quantitative estimate of drug-likeness (QED) is 0.643. The molecule has 0 aliphatic rings. The van der Waals surface area contributed by atoms with Crippen molar-refractivity contribution in [1.29, 1.82) is 0 Å². The Morgan fingerprint density at radius 2 is 1.96 bits per heavy atom. The average molecular weight is 393 g/mol. The first-order valence-electron chi connectivity index (χ1n) is 7.19. The molecule has 25 heavy (non-hydrogen) atoms. The summed E-state index contributed by atoms with van der Waals surface area (Å²) in [5, 5.41) is 5.50. The third kappa shape index (κ3) is 3.44. The number of rotatable bonds is 4. The Morgan fingerprint density at radius 3 is 2.60 bits per heavy atom. The minimum absolute atomic E-state index is 0.288. The maximum Gasteiger partial charge on any atom is 0.341 e. The molecule has 0 saturated heterocycles. The summed E-state index contributed by atoms with van der Waals surface area (Å²) in [7, 11) is 1.30. The van der Waals surface area contributed by atoms with Crippen LogP contribution in [0.25, 0.3) is 11.1 Å². The lowest BCUT2D eigenvalue weighted by atomic mass is 10.0. The van der Waals surface area contributed by atoms with E-state index in [0.29, 0.717) is 31.7 Å². The number of carbonyl (C=O) groups is 2. The van der Waals surface area contributed by atoms with Crippen LogP contribution >= 0.6 is 34.3 Å². The molecule has 0 saturated carbocycles. The lowest BCUT2D eigenvalue weighted by Gasteiger charge is -2.08. The van der Waals surface area contributed by atoms with E-state index in [2.05, 4.69) is 10.3 Å². The first-order chi connectivity index (χ1) is 12.0. The highest BCUT2D eigenvalue weighted by Gasteiger charge is 2.24. The van der Waals surface area contributed by atoms with Gasteiger partial charge in [0.1, 0.15) is 15.4 Å². The van der Waals surface area contributed by atoms with Crippen molar-refractivity contribution in [3.63, 3.8) is 0 Å². The third-order valence-electron chi connectivity index (χ3n) is 3.52. The van der Waals surface area contributed by atoms with Gasteiger partial charge in [-0.25, -0.2) is 9.78 Å². The number of nitrogens with zero attached hydrogens (tertiary/aromatic N) is 1. The topological polar surface area (TPSA) is 68.3 Å². The molecule has 0 fully saturated rings. The molecule has 2 heterocycles. The summed E-state index contributed by atoms with van der Waals surface area (Å²) in [6, 6.07) is 7.20. The molecule has 0 aliphatic carbocycles. The number of nitrogens with one attached hydrogen (secondary N) is 1. The molecule has 3 rings (SSSR count). The minimum atomic E-state index is -0.535. The van der Waals surface area contributed by atoms with Crippen molar-refractivity contribution in [1.82, 2.24) is 4.98 Å². The first-order valence-corrected chi connectivity index (χ1v) is 9.32. The Labute approximate surface area is 157 Å². The zero-order valence-electron chi connectivity index (χ0n) is 13.3.